The molecule has 1 amide bonds. The lowest BCUT2D eigenvalue weighted by Gasteiger charge is -2.16. The van der Waals surface area contributed by atoms with Crippen molar-refractivity contribution in [2.45, 2.75) is 19.3 Å². The topological polar surface area (TPSA) is 46.1 Å². The van der Waals surface area contributed by atoms with Gasteiger partial charge >= 0.3 is 0 Å². The fraction of sp³-hybridized carbons (Fsp3) is 0.545. The first-order chi connectivity index (χ1) is 7.75. The van der Waals surface area contributed by atoms with Crippen molar-refractivity contribution >= 4 is 21.8 Å². The molecule has 0 saturated heterocycles. The number of carbonyl (C=O) groups is 1. The second-order valence-electron chi connectivity index (χ2n) is 3.60. The van der Waals surface area contributed by atoms with Gasteiger partial charge in [0.2, 0.25) is 0 Å². The minimum absolute atomic E-state index is 0.0144. The number of rotatable bonds is 6. The van der Waals surface area contributed by atoms with Crippen LogP contribution < -0.4 is 0 Å². The molecule has 1 aromatic heterocycles. The first-order valence-electron chi connectivity index (χ1n) is 5.32. The third-order valence-electron chi connectivity index (χ3n) is 2.28. The van der Waals surface area contributed by atoms with Gasteiger partial charge in [-0.1, -0.05) is 22.4 Å². The van der Waals surface area contributed by atoms with Gasteiger partial charge in [0, 0.05) is 31.3 Å². The summed E-state index contributed by atoms with van der Waals surface area (Å²) >= 11 is 3.39. The van der Waals surface area contributed by atoms with E-state index in [4.69, 9.17) is 0 Å². The number of nitrogens with zero attached hydrogens (tertiary/aromatic N) is 3. The van der Waals surface area contributed by atoms with Gasteiger partial charge in [-0.2, -0.15) is 0 Å². The van der Waals surface area contributed by atoms with Crippen molar-refractivity contribution < 1.29 is 4.79 Å². The van der Waals surface area contributed by atoms with Crippen LogP contribution in [0.1, 0.15) is 29.6 Å². The summed E-state index contributed by atoms with van der Waals surface area (Å²) in [5.74, 6) is -0.0144. The van der Waals surface area contributed by atoms with E-state index in [9.17, 15) is 4.79 Å². The molecule has 0 bridgehead atoms. The summed E-state index contributed by atoms with van der Waals surface area (Å²) in [7, 11) is 1.81. The van der Waals surface area contributed by atoms with Crippen LogP contribution in [0.5, 0.6) is 0 Å². The first-order valence-corrected chi connectivity index (χ1v) is 6.44. The summed E-state index contributed by atoms with van der Waals surface area (Å²) in [6, 6.07) is 0. The van der Waals surface area contributed by atoms with Gasteiger partial charge in [-0.3, -0.25) is 4.79 Å². The molecule has 1 heterocycles. The third kappa shape index (κ3) is 4.26. The number of hydrogen-bond acceptors (Lipinski definition) is 3. The van der Waals surface area contributed by atoms with Crippen LogP contribution in [0, 0.1) is 0 Å². The van der Waals surface area contributed by atoms with Crippen molar-refractivity contribution in [2.75, 3.05) is 18.9 Å². The zero-order chi connectivity index (χ0) is 11.8. The Morgan fingerprint density at radius 1 is 1.31 bits per heavy atom. The van der Waals surface area contributed by atoms with Crippen LogP contribution in [0.4, 0.5) is 0 Å². The van der Waals surface area contributed by atoms with E-state index in [1.807, 2.05) is 7.05 Å². The number of amides is 1. The molecule has 0 atom stereocenters. The lowest BCUT2D eigenvalue weighted by molar-refractivity contribution is 0.0792. The van der Waals surface area contributed by atoms with Crippen LogP contribution in [0.3, 0.4) is 0 Å². The van der Waals surface area contributed by atoms with Crippen molar-refractivity contribution in [1.82, 2.24) is 14.9 Å². The molecular weight excluding hydrogens is 270 g/mol. The lowest BCUT2D eigenvalue weighted by Crippen LogP contribution is -2.27. The van der Waals surface area contributed by atoms with Crippen LogP contribution in [0.15, 0.2) is 18.7 Å². The highest BCUT2D eigenvalue weighted by Crippen LogP contribution is 2.03. The molecule has 4 nitrogen and oxygen atoms in total. The molecular formula is C11H16BrN3O. The molecule has 0 aliphatic carbocycles. The van der Waals surface area contributed by atoms with Gasteiger partial charge < -0.3 is 4.90 Å². The molecule has 0 unspecified atom stereocenters. The number of alkyl halides is 1. The van der Waals surface area contributed by atoms with Crippen LogP contribution in [-0.4, -0.2) is 39.7 Å². The molecule has 1 rings (SSSR count). The minimum atomic E-state index is -0.0144. The predicted octanol–water partition coefficient (Wildman–Crippen LogP) is 2.11. The van der Waals surface area contributed by atoms with Crippen LogP contribution >= 0.6 is 15.9 Å². The third-order valence-corrected chi connectivity index (χ3v) is 2.84. The van der Waals surface area contributed by atoms with Gasteiger partial charge in [0.15, 0.2) is 0 Å². The van der Waals surface area contributed by atoms with Gasteiger partial charge in [-0.05, 0) is 12.8 Å². The SMILES string of the molecule is CN(CCCCCBr)C(=O)c1cncnc1. The average Bonchev–Trinajstić information content (AvgIpc) is 2.34. The van der Waals surface area contributed by atoms with Crippen molar-refractivity contribution in [3.05, 3.63) is 24.3 Å². The summed E-state index contributed by atoms with van der Waals surface area (Å²) in [6.45, 7) is 0.778. The number of carbonyl (C=O) groups excluding carboxylic acids is 1. The smallest absolute Gasteiger partial charge is 0.256 e. The van der Waals surface area contributed by atoms with Gasteiger partial charge in [-0.15, -0.1) is 0 Å². The van der Waals surface area contributed by atoms with E-state index in [1.165, 1.54) is 6.33 Å². The average molecular weight is 286 g/mol. The standard InChI is InChI=1S/C11H16BrN3O/c1-15(6-4-2-3-5-12)11(16)10-7-13-9-14-8-10/h7-9H,2-6H2,1H3. The highest BCUT2D eigenvalue weighted by molar-refractivity contribution is 9.09. The van der Waals surface area contributed by atoms with Gasteiger partial charge in [0.1, 0.15) is 6.33 Å². The molecule has 0 N–H and O–H groups in total. The number of hydrogen-bond donors (Lipinski definition) is 0. The maximum Gasteiger partial charge on any atom is 0.256 e. The Morgan fingerprint density at radius 2 is 2.00 bits per heavy atom. The molecule has 0 radical (unpaired) electrons. The van der Waals surface area contributed by atoms with Crippen LogP contribution in [0.2, 0.25) is 0 Å². The Balaban J connectivity index is 2.37. The second-order valence-corrected chi connectivity index (χ2v) is 4.40. The molecule has 0 spiro atoms. The van der Waals surface area contributed by atoms with Crippen molar-refractivity contribution in [3.8, 4) is 0 Å². The van der Waals surface area contributed by atoms with E-state index in [-0.39, 0.29) is 5.91 Å². The predicted molar refractivity (Wildman–Crippen MR) is 66.6 cm³/mol. The molecule has 0 aliphatic rings. The summed E-state index contributed by atoms with van der Waals surface area (Å²) < 4.78 is 0. The molecule has 0 aliphatic heterocycles. The van der Waals surface area contributed by atoms with Crippen LogP contribution in [-0.2, 0) is 0 Å². The molecule has 16 heavy (non-hydrogen) atoms. The molecule has 0 fully saturated rings. The zero-order valence-corrected chi connectivity index (χ0v) is 11.0. The Kier molecular flexibility index (Phi) is 6.00. The quantitative estimate of drug-likeness (QED) is 0.594. The Bertz CT molecular complexity index is 318. The molecule has 5 heteroatoms. The van der Waals surface area contributed by atoms with Crippen molar-refractivity contribution in [1.29, 1.82) is 0 Å². The van der Waals surface area contributed by atoms with Gasteiger partial charge in [0.25, 0.3) is 5.91 Å². The fourth-order valence-electron chi connectivity index (χ4n) is 1.35. The summed E-state index contributed by atoms with van der Waals surface area (Å²) in [6.07, 6.45) is 7.83. The first kappa shape index (κ1) is 13.1. The highest BCUT2D eigenvalue weighted by atomic mass is 79.9. The second kappa shape index (κ2) is 7.33. The maximum atomic E-state index is 11.8. The maximum absolute atomic E-state index is 11.8. The summed E-state index contributed by atoms with van der Waals surface area (Å²) in [5, 5.41) is 1.02. The monoisotopic (exact) mass is 285 g/mol. The van der Waals surface area contributed by atoms with Gasteiger partial charge in [-0.25, -0.2) is 9.97 Å². The van der Waals surface area contributed by atoms with E-state index in [2.05, 4.69) is 25.9 Å². The molecule has 88 valence electrons. The van der Waals surface area contributed by atoms with E-state index >= 15 is 0 Å². The van der Waals surface area contributed by atoms with E-state index in [0.29, 0.717) is 5.56 Å². The van der Waals surface area contributed by atoms with Crippen LogP contribution in [0.25, 0.3) is 0 Å². The number of aromatic nitrogens is 2. The Labute approximate surface area is 104 Å². The minimum Gasteiger partial charge on any atom is -0.342 e. The van der Waals surface area contributed by atoms with Crippen molar-refractivity contribution in [3.63, 3.8) is 0 Å². The molecule has 0 aromatic carbocycles. The largest absolute Gasteiger partial charge is 0.342 e. The van der Waals surface area contributed by atoms with E-state index in [0.717, 1.165) is 31.1 Å². The highest BCUT2D eigenvalue weighted by Gasteiger charge is 2.10. The zero-order valence-electron chi connectivity index (χ0n) is 9.40. The van der Waals surface area contributed by atoms with Gasteiger partial charge in [0.05, 0.1) is 5.56 Å². The number of unbranched alkanes of at least 4 members (excludes halogenated alkanes) is 2. The summed E-state index contributed by atoms with van der Waals surface area (Å²) in [4.78, 5) is 21.2. The number of halogens is 1. The van der Waals surface area contributed by atoms with E-state index in [1.54, 1.807) is 17.3 Å². The fourth-order valence-corrected chi connectivity index (χ4v) is 1.75. The normalized spacial score (nSPS) is 10.1. The molecule has 1 aromatic rings. The molecule has 0 saturated carbocycles. The summed E-state index contributed by atoms with van der Waals surface area (Å²) in [5.41, 5.74) is 0.547. The Hall–Kier alpha value is -0.970. The Morgan fingerprint density at radius 3 is 2.62 bits per heavy atom. The van der Waals surface area contributed by atoms with Crippen molar-refractivity contribution in [2.24, 2.45) is 0 Å². The van der Waals surface area contributed by atoms with E-state index < -0.39 is 0 Å². The lowest BCUT2D eigenvalue weighted by atomic mass is 10.2.